The number of hydrogen-bond acceptors (Lipinski definition) is 5. The third kappa shape index (κ3) is 7.37. The molecule has 0 unspecified atom stereocenters. The Morgan fingerprint density at radius 1 is 0.838 bits per heavy atom. The number of ether oxygens (including phenoxy) is 2. The summed E-state index contributed by atoms with van der Waals surface area (Å²) in [5, 5.41) is 11.7. The maximum Gasteiger partial charge on any atom is 0.122 e. The zero-order valence-electron chi connectivity index (χ0n) is 24.5. The maximum absolute atomic E-state index is 11.7. The Kier molecular flexibility index (Phi) is 9.85. The molecule has 3 atom stereocenters. The van der Waals surface area contributed by atoms with E-state index in [1.54, 1.807) is 14.2 Å². The van der Waals surface area contributed by atoms with Gasteiger partial charge in [0.1, 0.15) is 11.5 Å². The number of hydrogen-bond donors (Lipinski definition) is 1. The first-order valence-electron chi connectivity index (χ1n) is 13.5. The SMILES string of the molecule is COc1ccc(CCN(C)C)cc1[C@H]1CC(C)=C[C@@H](c2cc(CCN(C)C)ccc2OC)[C@H]1C(C)(C)O. The Balaban J connectivity index is 2.13. The van der Waals surface area contributed by atoms with Crippen molar-refractivity contribution in [3.8, 4) is 11.5 Å². The predicted molar refractivity (Wildman–Crippen MR) is 154 cm³/mol. The maximum atomic E-state index is 11.7. The van der Waals surface area contributed by atoms with E-state index in [2.05, 4.69) is 87.4 Å². The zero-order valence-corrected chi connectivity index (χ0v) is 24.5. The third-order valence-electron chi connectivity index (χ3n) is 7.68. The van der Waals surface area contributed by atoms with Gasteiger partial charge in [-0.3, -0.25) is 0 Å². The fraction of sp³-hybridized carbons (Fsp3) is 0.562. The molecule has 1 aliphatic carbocycles. The molecule has 2 aromatic carbocycles. The van der Waals surface area contributed by atoms with E-state index in [-0.39, 0.29) is 17.8 Å². The topological polar surface area (TPSA) is 45.2 Å². The molecule has 5 nitrogen and oxygen atoms in total. The number of rotatable bonds is 11. The molecular weight excluding hydrogens is 460 g/mol. The van der Waals surface area contributed by atoms with Gasteiger partial charge < -0.3 is 24.4 Å². The molecule has 3 rings (SSSR count). The summed E-state index contributed by atoms with van der Waals surface area (Å²) in [5.74, 6) is 1.85. The smallest absolute Gasteiger partial charge is 0.122 e. The average molecular weight is 509 g/mol. The van der Waals surface area contributed by atoms with Crippen molar-refractivity contribution in [3.05, 3.63) is 70.3 Å². The largest absolute Gasteiger partial charge is 0.496 e. The molecule has 0 fully saturated rings. The van der Waals surface area contributed by atoms with Gasteiger partial charge in [-0.05, 0) is 103 Å². The van der Waals surface area contributed by atoms with Crippen LogP contribution in [0.15, 0.2) is 48.0 Å². The van der Waals surface area contributed by atoms with Crippen LogP contribution in [-0.2, 0) is 12.8 Å². The van der Waals surface area contributed by atoms with Crippen molar-refractivity contribution >= 4 is 0 Å². The van der Waals surface area contributed by atoms with E-state index in [1.807, 2.05) is 13.8 Å². The Morgan fingerprint density at radius 2 is 1.32 bits per heavy atom. The second kappa shape index (κ2) is 12.5. The van der Waals surface area contributed by atoms with E-state index < -0.39 is 5.60 Å². The summed E-state index contributed by atoms with van der Waals surface area (Å²) in [7, 11) is 11.9. The summed E-state index contributed by atoms with van der Waals surface area (Å²) in [6.07, 6.45) is 5.19. The van der Waals surface area contributed by atoms with Gasteiger partial charge in [0.05, 0.1) is 19.8 Å². The Labute approximate surface area is 225 Å². The summed E-state index contributed by atoms with van der Waals surface area (Å²) in [4.78, 5) is 4.42. The van der Waals surface area contributed by atoms with Crippen LogP contribution in [0.1, 0.15) is 61.3 Å². The molecule has 0 saturated carbocycles. The summed E-state index contributed by atoms with van der Waals surface area (Å²) < 4.78 is 11.8. The molecule has 1 aliphatic rings. The van der Waals surface area contributed by atoms with Crippen LogP contribution in [0.2, 0.25) is 0 Å². The van der Waals surface area contributed by atoms with Crippen LogP contribution in [-0.4, -0.2) is 76.0 Å². The van der Waals surface area contributed by atoms with Gasteiger partial charge in [-0.2, -0.15) is 0 Å². The molecule has 2 aromatic rings. The summed E-state index contributed by atoms with van der Waals surface area (Å²) in [6.45, 7) is 8.10. The van der Waals surface area contributed by atoms with Crippen LogP contribution in [0.3, 0.4) is 0 Å². The molecule has 0 bridgehead atoms. The van der Waals surface area contributed by atoms with Crippen molar-refractivity contribution in [2.24, 2.45) is 5.92 Å². The monoisotopic (exact) mass is 508 g/mol. The lowest BCUT2D eigenvalue weighted by Crippen LogP contribution is -2.41. The van der Waals surface area contributed by atoms with Gasteiger partial charge in [0.25, 0.3) is 0 Å². The Bertz CT molecular complexity index is 1070. The molecule has 1 N–H and O–H groups in total. The summed E-state index contributed by atoms with van der Waals surface area (Å²) >= 11 is 0. The number of nitrogens with zero attached hydrogens (tertiary/aromatic N) is 2. The molecule has 0 spiro atoms. The van der Waals surface area contributed by atoms with E-state index in [1.165, 1.54) is 22.3 Å². The summed E-state index contributed by atoms with van der Waals surface area (Å²) in [6, 6.07) is 13.1. The molecule has 0 radical (unpaired) electrons. The molecule has 5 heteroatoms. The molecule has 0 amide bonds. The zero-order chi connectivity index (χ0) is 27.3. The Morgan fingerprint density at radius 3 is 1.78 bits per heavy atom. The molecule has 0 aromatic heterocycles. The molecule has 204 valence electrons. The normalized spacial score (nSPS) is 20.3. The minimum Gasteiger partial charge on any atom is -0.496 e. The van der Waals surface area contributed by atoms with E-state index in [0.29, 0.717) is 0 Å². The van der Waals surface area contributed by atoms with Crippen LogP contribution in [0.5, 0.6) is 11.5 Å². The quantitative estimate of drug-likeness (QED) is 0.405. The first kappa shape index (κ1) is 29.2. The van der Waals surface area contributed by atoms with Crippen molar-refractivity contribution in [1.29, 1.82) is 0 Å². The standard InChI is InChI=1S/C32H48N2O3/c1-22-18-27(25-20-23(14-16-33(4)5)10-12-29(25)36-8)31(32(2,3)35)28(19-22)26-21-24(15-17-34(6)7)11-13-30(26)37-9/h10-13,18,20-21,27-28,31,35H,14-17,19H2,1-9H3/t27-,28+,31+/m0/s1. The van der Waals surface area contributed by atoms with Crippen molar-refractivity contribution in [1.82, 2.24) is 9.80 Å². The van der Waals surface area contributed by atoms with Gasteiger partial charge in [-0.15, -0.1) is 0 Å². The number of aliphatic hydroxyl groups is 1. The lowest BCUT2D eigenvalue weighted by Gasteiger charge is -2.44. The number of likely N-dealkylation sites (N-methyl/N-ethyl adjacent to an activating group) is 2. The van der Waals surface area contributed by atoms with E-state index in [0.717, 1.165) is 49.4 Å². The van der Waals surface area contributed by atoms with E-state index >= 15 is 0 Å². The lowest BCUT2D eigenvalue weighted by molar-refractivity contribution is -0.00557. The van der Waals surface area contributed by atoms with Crippen molar-refractivity contribution in [3.63, 3.8) is 0 Å². The van der Waals surface area contributed by atoms with Crippen LogP contribution in [0.25, 0.3) is 0 Å². The number of methoxy groups -OCH3 is 2. The van der Waals surface area contributed by atoms with Gasteiger partial charge in [0, 0.05) is 30.5 Å². The van der Waals surface area contributed by atoms with Crippen molar-refractivity contribution < 1.29 is 14.6 Å². The molecule has 37 heavy (non-hydrogen) atoms. The molecule has 0 aliphatic heterocycles. The minimum absolute atomic E-state index is 0.0168. The van der Waals surface area contributed by atoms with Gasteiger partial charge in [0.15, 0.2) is 0 Å². The fourth-order valence-corrected chi connectivity index (χ4v) is 5.86. The first-order valence-corrected chi connectivity index (χ1v) is 13.5. The molecule has 0 heterocycles. The van der Waals surface area contributed by atoms with Gasteiger partial charge >= 0.3 is 0 Å². The van der Waals surface area contributed by atoms with Crippen LogP contribution >= 0.6 is 0 Å². The highest BCUT2D eigenvalue weighted by Crippen LogP contribution is 2.53. The van der Waals surface area contributed by atoms with Crippen molar-refractivity contribution in [2.75, 3.05) is 55.5 Å². The second-order valence-corrected chi connectivity index (χ2v) is 11.8. The highest BCUT2D eigenvalue weighted by Gasteiger charge is 2.44. The van der Waals surface area contributed by atoms with Gasteiger partial charge in [-0.1, -0.05) is 35.9 Å². The number of benzene rings is 2. The average Bonchev–Trinajstić information content (AvgIpc) is 2.84. The highest BCUT2D eigenvalue weighted by molar-refractivity contribution is 5.48. The highest BCUT2D eigenvalue weighted by atomic mass is 16.5. The second-order valence-electron chi connectivity index (χ2n) is 11.8. The van der Waals surface area contributed by atoms with E-state index in [9.17, 15) is 5.11 Å². The predicted octanol–water partition coefficient (Wildman–Crippen LogP) is 5.52. The molecular formula is C32H48N2O3. The molecule has 0 saturated heterocycles. The van der Waals surface area contributed by atoms with Gasteiger partial charge in [0.2, 0.25) is 0 Å². The fourth-order valence-electron chi connectivity index (χ4n) is 5.86. The van der Waals surface area contributed by atoms with Gasteiger partial charge in [-0.25, -0.2) is 0 Å². The number of allylic oxidation sites excluding steroid dienone is 2. The summed E-state index contributed by atoms with van der Waals surface area (Å²) in [5.41, 5.74) is 5.34. The lowest BCUT2D eigenvalue weighted by atomic mass is 9.62. The van der Waals surface area contributed by atoms with Crippen LogP contribution < -0.4 is 9.47 Å². The first-order chi connectivity index (χ1) is 17.4. The Hall–Kier alpha value is -2.34. The van der Waals surface area contributed by atoms with Crippen LogP contribution in [0, 0.1) is 5.92 Å². The van der Waals surface area contributed by atoms with E-state index in [4.69, 9.17) is 9.47 Å². The third-order valence-corrected chi connectivity index (χ3v) is 7.68. The minimum atomic E-state index is -0.915. The van der Waals surface area contributed by atoms with Crippen molar-refractivity contribution in [2.45, 2.75) is 57.5 Å². The van der Waals surface area contributed by atoms with Crippen LogP contribution in [0.4, 0.5) is 0 Å².